The van der Waals surface area contributed by atoms with Crippen molar-refractivity contribution in [2.75, 3.05) is 40.6 Å². The Hall–Kier alpha value is -5.56. The lowest BCUT2D eigenvalue weighted by molar-refractivity contribution is -0.343. The molecule has 8 unspecified atom stereocenters. The maximum atomic E-state index is 14.9. The van der Waals surface area contributed by atoms with E-state index in [0.29, 0.717) is 11.1 Å². The van der Waals surface area contributed by atoms with E-state index in [-0.39, 0.29) is 35.5 Å². The summed E-state index contributed by atoms with van der Waals surface area (Å²) in [5, 5.41) is 127. The standard InChI is InChI=1S/C52H64O26/c1-69-45(65)25-15-73-49(77-51-43(63)41(61)39(59)31(13-53)75-51)35-23(25)11-29(57)27(35)17-71-47(67)37-33(19-3-7-21(55)8-4-19)38(34(37)20-5-9-22(56)10-6-20)48(68)72-18-28-30(58)12-24-26(46(66)70-2)16-74-50(36(24)28)78-52-44(64)42(62)40(60)32(14-54)76-52/h3-10,15-16,23-24,27-44,49-64H,11-14,17-18H2,1-2H3/t23?,24?,27-,28?,29-,30-,31+,32+,33?,34?,35?,36?,37?,38?,39+,40+,41-,42-,43+,44+,49?,50-,51-,52-/m0/s1. The predicted molar refractivity (Wildman–Crippen MR) is 252 cm³/mol. The van der Waals surface area contributed by atoms with Gasteiger partial charge in [-0.25, -0.2) is 9.59 Å². The molecule has 3 aliphatic carbocycles. The Bertz CT molecular complexity index is 2340. The molecule has 26 nitrogen and oxygen atoms in total. The Labute approximate surface area is 444 Å². The van der Waals surface area contributed by atoms with Crippen LogP contribution in [0.1, 0.15) is 35.8 Å². The van der Waals surface area contributed by atoms with Crippen LogP contribution in [0.4, 0.5) is 0 Å². The second-order valence-corrected chi connectivity index (χ2v) is 20.7. The van der Waals surface area contributed by atoms with Gasteiger partial charge in [0.05, 0.1) is 88.4 Å². The van der Waals surface area contributed by atoms with Crippen molar-refractivity contribution in [1.82, 2.24) is 0 Å². The average molecular weight is 1110 g/mol. The number of phenols is 2. The maximum absolute atomic E-state index is 14.9. The van der Waals surface area contributed by atoms with Gasteiger partial charge in [-0.2, -0.15) is 0 Å². The van der Waals surface area contributed by atoms with Crippen LogP contribution in [0.15, 0.2) is 72.2 Å². The molecule has 2 aromatic carbocycles. The zero-order valence-electron chi connectivity index (χ0n) is 42.0. The van der Waals surface area contributed by atoms with E-state index in [0.717, 1.165) is 26.7 Å². The molecule has 0 aromatic heterocycles. The van der Waals surface area contributed by atoms with Gasteiger partial charge < -0.3 is 109 Å². The molecule has 12 N–H and O–H groups in total. The first-order valence-electron chi connectivity index (χ1n) is 25.4. The number of hydrogen-bond acceptors (Lipinski definition) is 26. The molecule has 0 amide bonds. The number of aromatic hydroxyl groups is 2. The summed E-state index contributed by atoms with van der Waals surface area (Å²) >= 11 is 0. The molecule has 2 saturated heterocycles. The Balaban J connectivity index is 0.983. The number of carbonyl (C=O) groups excluding carboxylic acids is 4. The van der Waals surface area contributed by atoms with Crippen molar-refractivity contribution in [3.8, 4) is 11.5 Å². The van der Waals surface area contributed by atoms with Crippen molar-refractivity contribution in [2.45, 2.75) is 111 Å². The number of ether oxygens (including phenoxy) is 10. The topological polar surface area (TPSA) is 403 Å². The van der Waals surface area contributed by atoms with E-state index < -0.39 is 196 Å². The summed E-state index contributed by atoms with van der Waals surface area (Å²) in [5.41, 5.74) is 0.740. The number of benzene rings is 2. The van der Waals surface area contributed by atoms with Gasteiger partial charge in [-0.3, -0.25) is 9.59 Å². The molecule has 428 valence electrons. The highest BCUT2D eigenvalue weighted by Gasteiger charge is 2.62. The van der Waals surface area contributed by atoms with Crippen LogP contribution in [-0.4, -0.2) is 212 Å². The van der Waals surface area contributed by atoms with Gasteiger partial charge in [0, 0.05) is 47.3 Å². The first-order chi connectivity index (χ1) is 37.3. The molecule has 9 rings (SSSR count). The first-order valence-corrected chi connectivity index (χ1v) is 25.4. The largest absolute Gasteiger partial charge is 0.508 e. The second kappa shape index (κ2) is 23.6. The zero-order valence-corrected chi connectivity index (χ0v) is 42.0. The number of esters is 4. The quantitative estimate of drug-likeness (QED) is 0.0588. The molecule has 2 aromatic rings. The molecule has 26 heteroatoms. The first kappa shape index (κ1) is 57.1. The van der Waals surface area contributed by atoms with Crippen molar-refractivity contribution in [2.24, 2.45) is 47.3 Å². The fraction of sp³-hybridized carbons (Fsp3) is 0.615. The number of aliphatic hydroxyl groups is 10. The highest BCUT2D eigenvalue weighted by molar-refractivity contribution is 5.89. The lowest BCUT2D eigenvalue weighted by Gasteiger charge is -2.50. The predicted octanol–water partition coefficient (Wildman–Crippen LogP) is -3.02. The van der Waals surface area contributed by atoms with E-state index in [1.165, 1.54) is 48.5 Å². The van der Waals surface area contributed by atoms with E-state index in [2.05, 4.69) is 0 Å². The molecule has 7 aliphatic rings. The molecular weight excluding hydrogens is 1040 g/mol. The number of rotatable bonds is 16. The van der Waals surface area contributed by atoms with Gasteiger partial charge in [-0.05, 0) is 48.2 Å². The van der Waals surface area contributed by atoms with E-state index in [4.69, 9.17) is 47.4 Å². The van der Waals surface area contributed by atoms with Gasteiger partial charge in [0.1, 0.15) is 60.3 Å². The molecule has 0 radical (unpaired) electrons. The summed E-state index contributed by atoms with van der Waals surface area (Å²) in [6.07, 6.45) is -20.6. The SMILES string of the molecule is COC(=O)C1=CO[C@@H](O[C@@H]2O[C@H](CO)[C@@H](O)[C@H](O)[C@H]2O)C2C1C[C@H](O)C2COC(=O)C1C(c2ccc(O)cc2)C(C(=O)OC[C@@H]2C3C(O[C@@H]4O[C@H](CO)[C@@H](O)[C@H](O)[C@H]4O)OC=C(C(=O)OC)C3C[C@@H]2O)C1c1ccc(O)cc1. The molecule has 4 aliphatic heterocycles. The molecule has 78 heavy (non-hydrogen) atoms. The van der Waals surface area contributed by atoms with E-state index in [1.807, 2.05) is 0 Å². The number of aliphatic hydroxyl groups excluding tert-OH is 10. The van der Waals surface area contributed by atoms with Crippen LogP contribution in [0, 0.1) is 47.3 Å². The minimum atomic E-state index is -1.86. The summed E-state index contributed by atoms with van der Waals surface area (Å²) in [6.45, 7) is -2.65. The van der Waals surface area contributed by atoms with Crippen LogP contribution in [0.5, 0.6) is 11.5 Å². The van der Waals surface area contributed by atoms with Crippen LogP contribution in [0.2, 0.25) is 0 Å². The van der Waals surface area contributed by atoms with Gasteiger partial charge in [0.25, 0.3) is 0 Å². The van der Waals surface area contributed by atoms with Crippen molar-refractivity contribution >= 4 is 23.9 Å². The van der Waals surface area contributed by atoms with Crippen LogP contribution in [0.3, 0.4) is 0 Å². The van der Waals surface area contributed by atoms with Crippen LogP contribution < -0.4 is 0 Å². The molecule has 0 bridgehead atoms. The number of hydrogen-bond donors (Lipinski definition) is 12. The number of phenolic OH excluding ortho intramolecular Hbond substituents is 2. The normalized spacial score (nSPS) is 40.8. The van der Waals surface area contributed by atoms with Crippen molar-refractivity contribution in [3.63, 3.8) is 0 Å². The summed E-state index contributed by atoms with van der Waals surface area (Å²) in [7, 11) is 2.27. The molecule has 22 atom stereocenters. The van der Waals surface area contributed by atoms with Crippen LogP contribution in [0.25, 0.3) is 0 Å². The molecule has 3 saturated carbocycles. The fourth-order valence-electron chi connectivity index (χ4n) is 12.4. The summed E-state index contributed by atoms with van der Waals surface area (Å²) in [4.78, 5) is 55.8. The minimum absolute atomic E-state index is 0.00181. The van der Waals surface area contributed by atoms with Gasteiger partial charge in [-0.15, -0.1) is 0 Å². The lowest BCUT2D eigenvalue weighted by Crippen LogP contribution is -2.60. The summed E-state index contributed by atoms with van der Waals surface area (Å²) in [5.74, 6) is -14.2. The molecule has 4 heterocycles. The number of fused-ring (bicyclic) bond motifs is 2. The number of methoxy groups -OCH3 is 2. The van der Waals surface area contributed by atoms with Gasteiger partial charge in [0.15, 0.2) is 12.6 Å². The second-order valence-electron chi connectivity index (χ2n) is 20.7. The summed E-state index contributed by atoms with van der Waals surface area (Å²) in [6, 6.07) is 11.3. The van der Waals surface area contributed by atoms with Crippen molar-refractivity contribution < 1.29 is 128 Å². The summed E-state index contributed by atoms with van der Waals surface area (Å²) < 4.78 is 56.9. The maximum Gasteiger partial charge on any atom is 0.337 e. The third-order valence-corrected chi connectivity index (χ3v) is 16.5. The van der Waals surface area contributed by atoms with Gasteiger partial charge in [0.2, 0.25) is 12.6 Å². The van der Waals surface area contributed by atoms with Gasteiger partial charge >= 0.3 is 23.9 Å². The highest BCUT2D eigenvalue weighted by atomic mass is 16.8. The molecule has 5 fully saturated rings. The lowest BCUT2D eigenvalue weighted by atomic mass is 9.52. The number of carbonyl (C=O) groups is 4. The van der Waals surface area contributed by atoms with E-state index >= 15 is 0 Å². The zero-order chi connectivity index (χ0) is 56.0. The van der Waals surface area contributed by atoms with E-state index in [9.17, 15) is 80.5 Å². The molecular formula is C52H64O26. The van der Waals surface area contributed by atoms with Crippen LogP contribution >= 0.6 is 0 Å². The third-order valence-electron chi connectivity index (χ3n) is 16.5. The fourth-order valence-corrected chi connectivity index (χ4v) is 12.4. The van der Waals surface area contributed by atoms with Crippen molar-refractivity contribution in [3.05, 3.63) is 83.3 Å². The Kier molecular flexibility index (Phi) is 17.3. The van der Waals surface area contributed by atoms with E-state index in [1.54, 1.807) is 0 Å². The third kappa shape index (κ3) is 10.7. The van der Waals surface area contributed by atoms with Crippen LogP contribution in [-0.2, 0) is 66.5 Å². The highest BCUT2D eigenvalue weighted by Crippen LogP contribution is 2.59. The Morgan fingerprint density at radius 2 is 0.872 bits per heavy atom. The average Bonchev–Trinajstić information content (AvgIpc) is 4.07. The van der Waals surface area contributed by atoms with Crippen molar-refractivity contribution in [1.29, 1.82) is 0 Å². The Morgan fingerprint density at radius 3 is 1.21 bits per heavy atom. The molecule has 0 spiro atoms. The minimum Gasteiger partial charge on any atom is -0.508 e. The van der Waals surface area contributed by atoms with Gasteiger partial charge in [-0.1, -0.05) is 24.3 Å². The monoisotopic (exact) mass is 1100 g/mol. The smallest absolute Gasteiger partial charge is 0.337 e. The Morgan fingerprint density at radius 1 is 0.513 bits per heavy atom.